The zero-order valence-electron chi connectivity index (χ0n) is 12.1. The van der Waals surface area contributed by atoms with Crippen molar-refractivity contribution in [3.8, 4) is 0 Å². The van der Waals surface area contributed by atoms with Crippen LogP contribution in [0.15, 0.2) is 47.1 Å². The molecule has 1 N–H and O–H groups in total. The highest BCUT2D eigenvalue weighted by Gasteiger charge is 2.14. The first kappa shape index (κ1) is 14.8. The molecule has 0 radical (unpaired) electrons. The third-order valence-electron chi connectivity index (χ3n) is 3.31. The summed E-state index contributed by atoms with van der Waals surface area (Å²) in [5.41, 5.74) is 1.14. The molecule has 0 fully saturated rings. The maximum Gasteiger partial charge on any atom is 0.123 e. The van der Waals surface area contributed by atoms with Gasteiger partial charge in [-0.25, -0.2) is 4.39 Å². The lowest BCUT2D eigenvalue weighted by molar-refractivity contribution is 0.461. The fourth-order valence-corrected chi connectivity index (χ4v) is 2.26. The Morgan fingerprint density at radius 3 is 2.45 bits per heavy atom. The molecule has 2 nitrogen and oxygen atoms in total. The largest absolute Gasteiger partial charge is 0.469 e. The monoisotopic (exact) mass is 275 g/mol. The Bertz CT molecular complexity index is 490. The summed E-state index contributed by atoms with van der Waals surface area (Å²) in [6, 6.07) is 10.7. The van der Waals surface area contributed by atoms with Gasteiger partial charge < -0.3 is 9.73 Å². The van der Waals surface area contributed by atoms with E-state index in [9.17, 15) is 4.39 Å². The third-order valence-corrected chi connectivity index (χ3v) is 3.31. The Morgan fingerprint density at radius 2 is 1.85 bits per heavy atom. The van der Waals surface area contributed by atoms with Crippen molar-refractivity contribution in [1.82, 2.24) is 5.32 Å². The molecule has 2 aromatic rings. The first-order valence-corrected chi connectivity index (χ1v) is 7.13. The van der Waals surface area contributed by atoms with E-state index in [-0.39, 0.29) is 5.82 Å². The minimum absolute atomic E-state index is 0.194. The van der Waals surface area contributed by atoms with Gasteiger partial charge in [0.05, 0.1) is 6.26 Å². The maximum atomic E-state index is 13.1. The molecule has 108 valence electrons. The van der Waals surface area contributed by atoms with Gasteiger partial charge in [0.1, 0.15) is 11.6 Å². The van der Waals surface area contributed by atoms with E-state index in [1.54, 1.807) is 6.26 Å². The molecule has 0 saturated carbocycles. The second kappa shape index (κ2) is 7.25. The van der Waals surface area contributed by atoms with Crippen molar-refractivity contribution in [2.75, 3.05) is 13.1 Å². The third kappa shape index (κ3) is 4.49. The molecule has 1 aromatic heterocycles. The van der Waals surface area contributed by atoms with E-state index in [1.807, 2.05) is 24.3 Å². The van der Waals surface area contributed by atoms with Crippen LogP contribution in [0, 0.1) is 11.7 Å². The Kier molecular flexibility index (Phi) is 5.36. The molecule has 0 amide bonds. The van der Waals surface area contributed by atoms with Crippen molar-refractivity contribution >= 4 is 0 Å². The minimum atomic E-state index is -0.194. The van der Waals surface area contributed by atoms with E-state index < -0.39 is 0 Å². The Hall–Kier alpha value is -1.61. The van der Waals surface area contributed by atoms with Gasteiger partial charge in [0, 0.05) is 18.9 Å². The number of rotatable bonds is 7. The lowest BCUT2D eigenvalue weighted by Crippen LogP contribution is -2.26. The van der Waals surface area contributed by atoms with Crippen molar-refractivity contribution in [3.05, 3.63) is 59.8 Å². The molecule has 1 heterocycles. The molecule has 0 aliphatic carbocycles. The van der Waals surface area contributed by atoms with Crippen LogP contribution in [-0.2, 0) is 6.42 Å². The molecule has 20 heavy (non-hydrogen) atoms. The molecule has 0 spiro atoms. The van der Waals surface area contributed by atoms with Gasteiger partial charge in [-0.15, -0.1) is 0 Å². The van der Waals surface area contributed by atoms with Crippen molar-refractivity contribution in [2.45, 2.75) is 26.2 Å². The molecule has 2 rings (SSSR count). The van der Waals surface area contributed by atoms with Gasteiger partial charge in [0.2, 0.25) is 0 Å². The average molecular weight is 275 g/mol. The van der Waals surface area contributed by atoms with Crippen LogP contribution in [0.25, 0.3) is 0 Å². The highest BCUT2D eigenvalue weighted by Crippen LogP contribution is 2.21. The fraction of sp³-hybridized carbons (Fsp3) is 0.412. The number of benzene rings is 1. The Morgan fingerprint density at radius 1 is 1.10 bits per heavy atom. The second-order valence-electron chi connectivity index (χ2n) is 5.58. The number of halogens is 1. The Labute approximate surface area is 120 Å². The van der Waals surface area contributed by atoms with Crippen LogP contribution in [-0.4, -0.2) is 13.1 Å². The van der Waals surface area contributed by atoms with E-state index in [0.717, 1.165) is 30.8 Å². The number of furan rings is 1. The molecule has 1 aromatic carbocycles. The van der Waals surface area contributed by atoms with Crippen LogP contribution in [0.5, 0.6) is 0 Å². The van der Waals surface area contributed by atoms with Gasteiger partial charge in [0.25, 0.3) is 0 Å². The van der Waals surface area contributed by atoms with Crippen molar-refractivity contribution < 1.29 is 8.81 Å². The van der Waals surface area contributed by atoms with Crippen LogP contribution in [0.2, 0.25) is 0 Å². The number of hydrogen-bond donors (Lipinski definition) is 1. The molecule has 0 aliphatic heterocycles. The normalized spacial score (nSPS) is 12.8. The van der Waals surface area contributed by atoms with Crippen LogP contribution in [0.1, 0.15) is 31.1 Å². The molecule has 1 unspecified atom stereocenters. The van der Waals surface area contributed by atoms with E-state index in [1.165, 1.54) is 12.1 Å². The fourth-order valence-electron chi connectivity index (χ4n) is 2.26. The van der Waals surface area contributed by atoms with Gasteiger partial charge in [0.15, 0.2) is 0 Å². The molecular formula is C17H22FNO. The van der Waals surface area contributed by atoms with Crippen LogP contribution in [0.4, 0.5) is 4.39 Å². The average Bonchev–Trinajstić information content (AvgIpc) is 2.91. The minimum Gasteiger partial charge on any atom is -0.469 e. The summed E-state index contributed by atoms with van der Waals surface area (Å²) in [6.07, 6.45) is 2.52. The summed E-state index contributed by atoms with van der Waals surface area (Å²) in [5, 5.41) is 3.48. The van der Waals surface area contributed by atoms with Gasteiger partial charge in [-0.2, -0.15) is 0 Å². The van der Waals surface area contributed by atoms with E-state index in [0.29, 0.717) is 11.8 Å². The maximum absolute atomic E-state index is 13.1. The lowest BCUT2D eigenvalue weighted by atomic mass is 9.94. The summed E-state index contributed by atoms with van der Waals surface area (Å²) in [7, 11) is 0. The van der Waals surface area contributed by atoms with Crippen molar-refractivity contribution in [3.63, 3.8) is 0 Å². The predicted octanol–water partition coefficient (Wildman–Crippen LogP) is 3.99. The second-order valence-corrected chi connectivity index (χ2v) is 5.58. The zero-order chi connectivity index (χ0) is 14.4. The molecule has 3 heteroatoms. The first-order chi connectivity index (χ1) is 9.65. The highest BCUT2D eigenvalue weighted by atomic mass is 19.1. The van der Waals surface area contributed by atoms with E-state index in [2.05, 4.69) is 19.2 Å². The molecule has 0 aliphatic rings. The first-order valence-electron chi connectivity index (χ1n) is 7.13. The summed E-state index contributed by atoms with van der Waals surface area (Å²) in [5.74, 6) is 1.68. The summed E-state index contributed by atoms with van der Waals surface area (Å²) >= 11 is 0. The predicted molar refractivity (Wildman–Crippen MR) is 79.3 cm³/mol. The summed E-state index contributed by atoms with van der Waals surface area (Å²) in [6.45, 7) is 6.22. The highest BCUT2D eigenvalue weighted by molar-refractivity contribution is 5.22. The number of hydrogen-bond acceptors (Lipinski definition) is 2. The lowest BCUT2D eigenvalue weighted by Gasteiger charge is -2.18. The van der Waals surface area contributed by atoms with Gasteiger partial charge in [-0.3, -0.25) is 0 Å². The molecule has 0 saturated heterocycles. The smallest absolute Gasteiger partial charge is 0.123 e. The van der Waals surface area contributed by atoms with Gasteiger partial charge in [-0.1, -0.05) is 26.0 Å². The van der Waals surface area contributed by atoms with E-state index >= 15 is 0 Å². The van der Waals surface area contributed by atoms with E-state index in [4.69, 9.17) is 4.42 Å². The Balaban J connectivity index is 2.04. The van der Waals surface area contributed by atoms with Crippen molar-refractivity contribution in [2.24, 2.45) is 5.92 Å². The molecule has 1 atom stereocenters. The number of nitrogens with one attached hydrogen (secondary N) is 1. The summed E-state index contributed by atoms with van der Waals surface area (Å²) < 4.78 is 18.5. The molecule has 0 bridgehead atoms. The zero-order valence-corrected chi connectivity index (χ0v) is 12.1. The van der Waals surface area contributed by atoms with Gasteiger partial charge >= 0.3 is 0 Å². The molecular weight excluding hydrogens is 253 g/mol. The van der Waals surface area contributed by atoms with Gasteiger partial charge in [-0.05, 0) is 42.3 Å². The SMILES string of the molecule is CC(C)CNCC(Cc1ccco1)c1ccc(F)cc1. The summed E-state index contributed by atoms with van der Waals surface area (Å²) in [4.78, 5) is 0. The topological polar surface area (TPSA) is 25.2 Å². The van der Waals surface area contributed by atoms with Crippen LogP contribution in [0.3, 0.4) is 0 Å². The standard InChI is InChI=1S/C17H22FNO/c1-13(2)11-19-12-15(10-17-4-3-9-20-17)14-5-7-16(18)8-6-14/h3-9,13,15,19H,10-12H2,1-2H3. The quantitative estimate of drug-likeness (QED) is 0.826. The van der Waals surface area contributed by atoms with Crippen LogP contribution < -0.4 is 5.32 Å². The van der Waals surface area contributed by atoms with Crippen molar-refractivity contribution in [1.29, 1.82) is 0 Å². The van der Waals surface area contributed by atoms with Crippen LogP contribution >= 0.6 is 0 Å².